The molecular weight excluding hydrogens is 482 g/mol. The molecule has 0 unspecified atom stereocenters. The Morgan fingerprint density at radius 3 is 2.67 bits per heavy atom. The predicted molar refractivity (Wildman–Crippen MR) is 137 cm³/mol. The molecule has 1 aliphatic carbocycles. The van der Waals surface area contributed by atoms with Crippen LogP contribution >= 0.6 is 11.6 Å². The molecule has 4 heterocycles. The summed E-state index contributed by atoms with van der Waals surface area (Å²) in [7, 11) is 0. The monoisotopic (exact) mass is 515 g/mol. The van der Waals surface area contributed by atoms with Crippen LogP contribution in [0.5, 0.6) is 0 Å². The number of hydrogen-bond acceptors (Lipinski definition) is 6. The van der Waals surface area contributed by atoms with Gasteiger partial charge in [0, 0.05) is 54.7 Å². The smallest absolute Gasteiger partial charge is 0.320 e. The fourth-order valence-corrected chi connectivity index (χ4v) is 5.61. The van der Waals surface area contributed by atoms with Gasteiger partial charge in [0.05, 0.1) is 31.0 Å². The van der Waals surface area contributed by atoms with E-state index in [2.05, 4.69) is 44.8 Å². The summed E-state index contributed by atoms with van der Waals surface area (Å²) < 4.78 is 7.36. The zero-order valence-corrected chi connectivity index (χ0v) is 21.6. The summed E-state index contributed by atoms with van der Waals surface area (Å²) in [6.45, 7) is 8.61. The highest BCUT2D eigenvalue weighted by Crippen LogP contribution is 2.39. The van der Waals surface area contributed by atoms with Crippen molar-refractivity contribution in [1.29, 1.82) is 0 Å². The molecule has 3 N–H and O–H groups in total. The van der Waals surface area contributed by atoms with Crippen molar-refractivity contribution in [2.45, 2.75) is 58.2 Å². The van der Waals surface area contributed by atoms with Crippen LogP contribution in [0.3, 0.4) is 0 Å². The predicted octanol–water partition coefficient (Wildman–Crippen LogP) is 2.67. The number of pyridine rings is 1. The van der Waals surface area contributed by atoms with Gasteiger partial charge in [-0.05, 0) is 37.2 Å². The van der Waals surface area contributed by atoms with Crippen LogP contribution in [0.4, 0.5) is 10.6 Å². The van der Waals surface area contributed by atoms with Crippen molar-refractivity contribution in [2.24, 2.45) is 5.41 Å². The van der Waals surface area contributed by atoms with Gasteiger partial charge >= 0.3 is 6.03 Å². The summed E-state index contributed by atoms with van der Waals surface area (Å²) in [6, 6.07) is 1.54. The van der Waals surface area contributed by atoms with Crippen molar-refractivity contribution in [3.8, 4) is 11.1 Å². The molecule has 2 aromatic heterocycles. The summed E-state index contributed by atoms with van der Waals surface area (Å²) in [5.74, 6) is 0.456. The molecule has 2 aromatic rings. The van der Waals surface area contributed by atoms with Gasteiger partial charge in [0.25, 0.3) is 0 Å². The number of rotatable bonds is 6. The van der Waals surface area contributed by atoms with Gasteiger partial charge in [-0.25, -0.2) is 9.78 Å². The molecule has 2 atom stereocenters. The molecule has 0 aromatic carbocycles. The average molecular weight is 516 g/mol. The number of carbonyl (C=O) groups excluding carboxylic acids is 2. The standard InChI is InChI=1S/C25H34ClN7O3/c1-25(2)11-21-19(12-28-33(21)15-25)18-10-22(27-13-20(18)26)31-24(35)30-17-4-3-16(9-17)29-23(34)14-32-5-7-36-8-6-32/h10,12-13,16-17H,3-9,11,14-15H2,1-2H3,(H,29,34)(H2,27,30,31,35)/t16-,17-/m1/s1. The Hall–Kier alpha value is -2.69. The van der Waals surface area contributed by atoms with Crippen molar-refractivity contribution in [3.05, 3.63) is 29.2 Å². The van der Waals surface area contributed by atoms with Crippen molar-refractivity contribution in [3.63, 3.8) is 0 Å². The van der Waals surface area contributed by atoms with Crippen molar-refractivity contribution in [2.75, 3.05) is 38.2 Å². The van der Waals surface area contributed by atoms with Gasteiger partial charge in [-0.15, -0.1) is 0 Å². The highest BCUT2D eigenvalue weighted by Gasteiger charge is 2.32. The number of aromatic nitrogens is 3. The van der Waals surface area contributed by atoms with E-state index < -0.39 is 0 Å². The third kappa shape index (κ3) is 5.82. The largest absolute Gasteiger partial charge is 0.379 e. The molecule has 1 saturated heterocycles. The Balaban J connectivity index is 1.14. The molecule has 10 nitrogen and oxygen atoms in total. The maximum Gasteiger partial charge on any atom is 0.320 e. The lowest BCUT2D eigenvalue weighted by Gasteiger charge is -2.26. The van der Waals surface area contributed by atoms with Gasteiger partial charge < -0.3 is 15.4 Å². The topological polar surface area (TPSA) is 113 Å². The van der Waals surface area contributed by atoms with E-state index >= 15 is 0 Å². The zero-order chi connectivity index (χ0) is 25.3. The number of halogens is 1. The third-order valence-electron chi connectivity index (χ3n) is 7.16. The zero-order valence-electron chi connectivity index (χ0n) is 20.8. The Kier molecular flexibility index (Phi) is 7.18. The molecule has 0 bridgehead atoms. The Bertz CT molecular complexity index is 1130. The number of fused-ring (bicyclic) bond motifs is 1. The first kappa shape index (κ1) is 25.0. The number of amides is 3. The average Bonchev–Trinajstić information content (AvgIpc) is 3.49. The summed E-state index contributed by atoms with van der Waals surface area (Å²) >= 11 is 6.48. The number of carbonyl (C=O) groups is 2. The van der Waals surface area contributed by atoms with Gasteiger partial charge in [-0.3, -0.25) is 19.7 Å². The Labute approximate surface area is 216 Å². The number of urea groups is 1. The summed E-state index contributed by atoms with van der Waals surface area (Å²) in [4.78, 5) is 31.5. The normalized spacial score (nSPS) is 23.3. The SMILES string of the molecule is CC1(C)Cc2c(-c3cc(NC(=O)N[C@@H]4CC[C@@H](NC(=O)CN5CCOCC5)C4)ncc3Cl)cnn2C1. The fourth-order valence-electron chi connectivity index (χ4n) is 5.40. The molecule has 1 saturated carbocycles. The van der Waals surface area contributed by atoms with Crippen LogP contribution in [0.1, 0.15) is 38.8 Å². The first-order valence-electron chi connectivity index (χ1n) is 12.6. The maximum atomic E-state index is 12.7. The van der Waals surface area contributed by atoms with Gasteiger partial charge in [-0.2, -0.15) is 5.10 Å². The van der Waals surface area contributed by atoms with Gasteiger partial charge in [0.15, 0.2) is 0 Å². The highest BCUT2D eigenvalue weighted by atomic mass is 35.5. The van der Waals surface area contributed by atoms with Gasteiger partial charge in [-0.1, -0.05) is 25.4 Å². The van der Waals surface area contributed by atoms with E-state index in [1.807, 2.05) is 10.9 Å². The molecule has 0 spiro atoms. The molecule has 0 radical (unpaired) electrons. The molecule has 2 fully saturated rings. The first-order chi connectivity index (χ1) is 17.3. The molecule has 3 amide bonds. The van der Waals surface area contributed by atoms with Crippen LogP contribution in [0.2, 0.25) is 5.02 Å². The van der Waals surface area contributed by atoms with Gasteiger partial charge in [0.2, 0.25) is 5.91 Å². The van der Waals surface area contributed by atoms with Crippen LogP contribution in [-0.2, 0) is 22.5 Å². The molecule has 3 aliphatic rings. The summed E-state index contributed by atoms with van der Waals surface area (Å²) in [5, 5.41) is 14.0. The van der Waals surface area contributed by atoms with E-state index in [0.29, 0.717) is 37.0 Å². The number of anilines is 1. The highest BCUT2D eigenvalue weighted by molar-refractivity contribution is 6.33. The Morgan fingerprint density at radius 1 is 1.14 bits per heavy atom. The van der Waals surface area contributed by atoms with E-state index in [1.165, 1.54) is 0 Å². The van der Waals surface area contributed by atoms with Crippen LogP contribution in [0.25, 0.3) is 11.1 Å². The quantitative estimate of drug-likeness (QED) is 0.545. The minimum atomic E-state index is -0.317. The van der Waals surface area contributed by atoms with Crippen LogP contribution < -0.4 is 16.0 Å². The lowest BCUT2D eigenvalue weighted by atomic mass is 9.89. The maximum absolute atomic E-state index is 12.7. The number of ether oxygens (including phenoxy) is 1. The molecule has 5 rings (SSSR count). The lowest BCUT2D eigenvalue weighted by molar-refractivity contribution is -0.123. The van der Waals surface area contributed by atoms with E-state index in [-0.39, 0.29) is 29.4 Å². The number of nitrogens with one attached hydrogen (secondary N) is 3. The Morgan fingerprint density at radius 2 is 1.89 bits per heavy atom. The minimum Gasteiger partial charge on any atom is -0.379 e. The lowest BCUT2D eigenvalue weighted by Crippen LogP contribution is -2.45. The van der Waals surface area contributed by atoms with E-state index in [4.69, 9.17) is 16.3 Å². The summed E-state index contributed by atoms with van der Waals surface area (Å²) in [5.41, 5.74) is 3.09. The number of hydrogen-bond donors (Lipinski definition) is 3. The van der Waals surface area contributed by atoms with E-state index in [0.717, 1.165) is 55.7 Å². The second-order valence-corrected chi connectivity index (χ2v) is 11.2. The van der Waals surface area contributed by atoms with Crippen LogP contribution in [0, 0.1) is 5.41 Å². The molecule has 2 aliphatic heterocycles. The van der Waals surface area contributed by atoms with Crippen molar-refractivity contribution < 1.29 is 14.3 Å². The van der Waals surface area contributed by atoms with E-state index in [9.17, 15) is 9.59 Å². The minimum absolute atomic E-state index is 0.00775. The molecule has 11 heteroatoms. The van der Waals surface area contributed by atoms with Crippen LogP contribution in [-0.4, -0.2) is 76.5 Å². The summed E-state index contributed by atoms with van der Waals surface area (Å²) in [6.07, 6.45) is 6.67. The first-order valence-corrected chi connectivity index (χ1v) is 13.0. The van der Waals surface area contributed by atoms with Crippen LogP contribution in [0.15, 0.2) is 18.5 Å². The second kappa shape index (κ2) is 10.4. The number of morpholine rings is 1. The van der Waals surface area contributed by atoms with Crippen molar-refractivity contribution >= 4 is 29.4 Å². The third-order valence-corrected chi connectivity index (χ3v) is 7.46. The molecular formula is C25H34ClN7O3. The van der Waals surface area contributed by atoms with Crippen molar-refractivity contribution in [1.82, 2.24) is 30.3 Å². The fraction of sp³-hybridized carbons (Fsp3) is 0.600. The van der Waals surface area contributed by atoms with Gasteiger partial charge in [0.1, 0.15) is 5.82 Å². The second-order valence-electron chi connectivity index (χ2n) is 10.8. The molecule has 36 heavy (non-hydrogen) atoms. The molecule has 194 valence electrons. The number of nitrogens with zero attached hydrogens (tertiary/aromatic N) is 4. The van der Waals surface area contributed by atoms with E-state index in [1.54, 1.807) is 12.3 Å².